The third-order valence-electron chi connectivity index (χ3n) is 1.45. The third-order valence-corrected chi connectivity index (χ3v) is 1.45. The second-order valence-corrected chi connectivity index (χ2v) is 2.41. The van der Waals surface area contributed by atoms with Crippen molar-refractivity contribution in [3.05, 3.63) is 30.2 Å². The fourth-order valence-electron chi connectivity index (χ4n) is 0.782. The molecule has 0 fully saturated rings. The molecule has 1 heterocycles. The number of allylic oxidation sites excluding steroid dienone is 1. The molecule has 1 N–H and O–H groups in total. The molecule has 0 aliphatic carbocycles. The quantitative estimate of drug-likeness (QED) is 0.691. The molecule has 0 aliphatic heterocycles. The lowest BCUT2D eigenvalue weighted by atomic mass is 10.1. The number of nitrogens with zero attached hydrogens (tertiary/aromatic N) is 1. The summed E-state index contributed by atoms with van der Waals surface area (Å²) >= 11 is 0. The van der Waals surface area contributed by atoms with Crippen molar-refractivity contribution in [1.82, 2.24) is 5.16 Å². The molecular formula is C8H9NO3. The van der Waals surface area contributed by atoms with Crippen LogP contribution < -0.4 is 0 Å². The predicted molar refractivity (Wildman–Crippen MR) is 41.7 cm³/mol. The largest absolute Gasteiger partial charge is 0.478 e. The minimum Gasteiger partial charge on any atom is -0.478 e. The first kappa shape index (κ1) is 8.52. The number of aromatic nitrogens is 1. The van der Waals surface area contributed by atoms with Crippen molar-refractivity contribution >= 4 is 5.97 Å². The summed E-state index contributed by atoms with van der Waals surface area (Å²) in [7, 11) is 0. The second kappa shape index (κ2) is 3.71. The molecule has 12 heavy (non-hydrogen) atoms. The minimum absolute atomic E-state index is 0.0279. The summed E-state index contributed by atoms with van der Waals surface area (Å²) in [6.45, 7) is 1.84. The highest BCUT2D eigenvalue weighted by atomic mass is 16.5. The lowest BCUT2D eigenvalue weighted by Crippen LogP contribution is -1.92. The molecule has 1 aromatic heterocycles. The van der Waals surface area contributed by atoms with Crippen LogP contribution in [-0.4, -0.2) is 16.2 Å². The van der Waals surface area contributed by atoms with Crippen LogP contribution in [0, 0.1) is 0 Å². The number of rotatable bonds is 3. The van der Waals surface area contributed by atoms with E-state index in [9.17, 15) is 4.79 Å². The number of carboxylic acids is 1. The zero-order valence-electron chi connectivity index (χ0n) is 6.60. The summed E-state index contributed by atoms with van der Waals surface area (Å²) < 4.78 is 4.61. The summed E-state index contributed by atoms with van der Waals surface area (Å²) in [6, 6.07) is 1.71. The van der Waals surface area contributed by atoms with Gasteiger partial charge in [-0.25, -0.2) is 4.79 Å². The van der Waals surface area contributed by atoms with Crippen LogP contribution in [0.1, 0.15) is 18.5 Å². The molecule has 1 rings (SSSR count). The smallest absolute Gasteiger partial charge is 0.327 e. The highest BCUT2D eigenvalue weighted by molar-refractivity contribution is 5.79. The van der Waals surface area contributed by atoms with Gasteiger partial charge in [0.15, 0.2) is 0 Å². The standard InChI is InChI=1S/C8H9NO3/c1-6(2-3-8(10)11)7-4-5-12-9-7/h2-6H,1H3,(H,10,11)/b3-2-. The highest BCUT2D eigenvalue weighted by Crippen LogP contribution is 2.13. The first-order valence-corrected chi connectivity index (χ1v) is 3.51. The monoisotopic (exact) mass is 167 g/mol. The Balaban J connectivity index is 2.61. The van der Waals surface area contributed by atoms with Gasteiger partial charge in [-0.05, 0) is 0 Å². The molecule has 64 valence electrons. The average Bonchev–Trinajstić information content (AvgIpc) is 2.51. The second-order valence-electron chi connectivity index (χ2n) is 2.41. The predicted octanol–water partition coefficient (Wildman–Crippen LogP) is 1.42. The van der Waals surface area contributed by atoms with Crippen molar-refractivity contribution in [1.29, 1.82) is 0 Å². The Labute approximate surface area is 69.5 Å². The first-order chi connectivity index (χ1) is 5.70. The van der Waals surface area contributed by atoms with E-state index in [2.05, 4.69) is 9.68 Å². The fourth-order valence-corrected chi connectivity index (χ4v) is 0.782. The Kier molecular flexibility index (Phi) is 2.63. The Morgan fingerprint density at radius 1 is 1.83 bits per heavy atom. The normalized spacial score (nSPS) is 13.4. The molecule has 0 saturated carbocycles. The lowest BCUT2D eigenvalue weighted by molar-refractivity contribution is -0.131. The van der Waals surface area contributed by atoms with Crippen LogP contribution in [0.25, 0.3) is 0 Å². The van der Waals surface area contributed by atoms with Gasteiger partial charge < -0.3 is 9.63 Å². The summed E-state index contributed by atoms with van der Waals surface area (Å²) in [5.41, 5.74) is 0.729. The van der Waals surface area contributed by atoms with Gasteiger partial charge in [0.2, 0.25) is 0 Å². The van der Waals surface area contributed by atoms with Crippen molar-refractivity contribution in [2.75, 3.05) is 0 Å². The van der Waals surface area contributed by atoms with E-state index >= 15 is 0 Å². The van der Waals surface area contributed by atoms with Crippen molar-refractivity contribution in [2.24, 2.45) is 0 Å². The maximum absolute atomic E-state index is 10.1. The Hall–Kier alpha value is -1.58. The van der Waals surface area contributed by atoms with E-state index in [-0.39, 0.29) is 5.92 Å². The van der Waals surface area contributed by atoms with Gasteiger partial charge >= 0.3 is 5.97 Å². The molecule has 0 aliphatic rings. The zero-order valence-corrected chi connectivity index (χ0v) is 6.60. The molecule has 0 spiro atoms. The van der Waals surface area contributed by atoms with Gasteiger partial charge in [-0.15, -0.1) is 0 Å². The van der Waals surface area contributed by atoms with Gasteiger partial charge in [-0.2, -0.15) is 0 Å². The molecule has 1 atom stereocenters. The molecule has 1 aromatic rings. The molecule has 4 heteroatoms. The van der Waals surface area contributed by atoms with Crippen molar-refractivity contribution in [3.63, 3.8) is 0 Å². The van der Waals surface area contributed by atoms with E-state index in [4.69, 9.17) is 5.11 Å². The van der Waals surface area contributed by atoms with Crippen molar-refractivity contribution in [3.8, 4) is 0 Å². The van der Waals surface area contributed by atoms with E-state index < -0.39 is 5.97 Å². The molecule has 1 unspecified atom stereocenters. The number of hydrogen-bond donors (Lipinski definition) is 1. The van der Waals surface area contributed by atoms with Crippen molar-refractivity contribution in [2.45, 2.75) is 12.8 Å². The Morgan fingerprint density at radius 3 is 3.08 bits per heavy atom. The van der Waals surface area contributed by atoms with Crippen molar-refractivity contribution < 1.29 is 14.4 Å². The van der Waals surface area contributed by atoms with Gasteiger partial charge in [0.25, 0.3) is 0 Å². The Morgan fingerprint density at radius 2 is 2.58 bits per heavy atom. The van der Waals surface area contributed by atoms with Crippen LogP contribution in [0.5, 0.6) is 0 Å². The highest BCUT2D eigenvalue weighted by Gasteiger charge is 2.04. The summed E-state index contributed by atoms with van der Waals surface area (Å²) in [5.74, 6) is -0.981. The maximum Gasteiger partial charge on any atom is 0.327 e. The van der Waals surface area contributed by atoms with E-state index in [0.717, 1.165) is 11.8 Å². The van der Waals surface area contributed by atoms with E-state index in [1.165, 1.54) is 6.26 Å². The van der Waals surface area contributed by atoms with Crippen LogP contribution >= 0.6 is 0 Å². The van der Waals surface area contributed by atoms with Gasteiger partial charge in [0.05, 0.1) is 5.69 Å². The van der Waals surface area contributed by atoms with E-state index in [1.807, 2.05) is 6.92 Å². The number of carbonyl (C=O) groups is 1. The maximum atomic E-state index is 10.1. The van der Waals surface area contributed by atoms with Crippen LogP contribution in [0.3, 0.4) is 0 Å². The number of hydrogen-bond acceptors (Lipinski definition) is 3. The van der Waals surface area contributed by atoms with E-state index in [1.54, 1.807) is 12.1 Å². The fraction of sp³-hybridized carbons (Fsp3) is 0.250. The topological polar surface area (TPSA) is 63.3 Å². The number of carboxylic acid groups (broad SMARTS) is 1. The molecular weight excluding hydrogens is 158 g/mol. The summed E-state index contributed by atoms with van der Waals surface area (Å²) in [5, 5.41) is 12.0. The SMILES string of the molecule is CC(/C=C\C(=O)O)c1ccon1. The van der Waals surface area contributed by atoms with Gasteiger partial charge in [-0.1, -0.05) is 18.2 Å². The van der Waals surface area contributed by atoms with Crippen LogP contribution in [0.4, 0.5) is 0 Å². The Bertz CT molecular complexity index is 277. The molecule has 0 radical (unpaired) electrons. The van der Waals surface area contributed by atoms with Gasteiger partial charge in [0, 0.05) is 18.1 Å². The molecule has 0 aromatic carbocycles. The van der Waals surface area contributed by atoms with E-state index in [0.29, 0.717) is 0 Å². The zero-order chi connectivity index (χ0) is 8.97. The molecule has 4 nitrogen and oxygen atoms in total. The molecule has 0 saturated heterocycles. The van der Waals surface area contributed by atoms with Gasteiger partial charge in [0.1, 0.15) is 6.26 Å². The number of aliphatic carboxylic acids is 1. The average molecular weight is 167 g/mol. The summed E-state index contributed by atoms with van der Waals surface area (Å²) in [6.07, 6.45) is 4.11. The third kappa shape index (κ3) is 2.23. The minimum atomic E-state index is -0.953. The lowest BCUT2D eigenvalue weighted by Gasteiger charge is -1.97. The van der Waals surface area contributed by atoms with Gasteiger partial charge in [-0.3, -0.25) is 0 Å². The van der Waals surface area contributed by atoms with Crippen LogP contribution in [0.15, 0.2) is 29.0 Å². The summed E-state index contributed by atoms with van der Waals surface area (Å²) in [4.78, 5) is 10.1. The first-order valence-electron chi connectivity index (χ1n) is 3.51. The van der Waals surface area contributed by atoms with Crippen LogP contribution in [-0.2, 0) is 4.79 Å². The van der Waals surface area contributed by atoms with Crippen LogP contribution in [0.2, 0.25) is 0 Å². The molecule has 0 amide bonds. The molecule has 0 bridgehead atoms.